The van der Waals surface area contributed by atoms with Crippen LogP contribution in [0.3, 0.4) is 0 Å². The lowest BCUT2D eigenvalue weighted by Crippen LogP contribution is -2.09. The van der Waals surface area contributed by atoms with Crippen molar-refractivity contribution in [2.24, 2.45) is 0 Å². The summed E-state index contributed by atoms with van der Waals surface area (Å²) in [5.74, 6) is -0.0565. The van der Waals surface area contributed by atoms with E-state index in [1.54, 1.807) is 6.08 Å². The molecule has 0 N–H and O–H groups in total. The molecule has 0 saturated heterocycles. The van der Waals surface area contributed by atoms with Crippen molar-refractivity contribution in [1.82, 2.24) is 0 Å². The second-order valence-electron chi connectivity index (χ2n) is 3.70. The summed E-state index contributed by atoms with van der Waals surface area (Å²) in [5.41, 5.74) is 1.31. The molecule has 1 heterocycles. The minimum absolute atomic E-state index is 0.0565. The number of para-hydroxylation sites is 1. The quantitative estimate of drug-likeness (QED) is 0.434. The maximum absolute atomic E-state index is 11.9. The van der Waals surface area contributed by atoms with Crippen LogP contribution in [0.4, 0.5) is 0 Å². The summed E-state index contributed by atoms with van der Waals surface area (Å²) in [6.07, 6.45) is 4.00. The number of rotatable bonds is 6. The van der Waals surface area contributed by atoms with Crippen molar-refractivity contribution >= 4 is 16.8 Å². The van der Waals surface area contributed by atoms with Crippen molar-refractivity contribution in [2.45, 2.75) is 6.42 Å². The Morgan fingerprint density at radius 2 is 2.24 bits per heavy atom. The zero-order chi connectivity index (χ0) is 12.1. The first kappa shape index (κ1) is 11.6. The molecule has 1 aromatic heterocycles. The molecule has 3 heteroatoms. The monoisotopic (exact) mass is 230 g/mol. The molecule has 0 bridgehead atoms. The predicted octanol–water partition coefficient (Wildman–Crippen LogP) is 3.21. The van der Waals surface area contributed by atoms with Crippen molar-refractivity contribution in [1.29, 1.82) is 0 Å². The Kier molecular flexibility index (Phi) is 3.73. The van der Waals surface area contributed by atoms with E-state index >= 15 is 0 Å². The Morgan fingerprint density at radius 1 is 1.41 bits per heavy atom. The Hall–Kier alpha value is -1.87. The molecule has 1 aromatic carbocycles. The summed E-state index contributed by atoms with van der Waals surface area (Å²) in [6.45, 7) is 4.19. The van der Waals surface area contributed by atoms with Crippen LogP contribution in [-0.4, -0.2) is 19.0 Å². The minimum atomic E-state index is -0.0565. The van der Waals surface area contributed by atoms with Gasteiger partial charge in [-0.05, 0) is 12.5 Å². The molecular formula is C14H14O3. The molecule has 0 fully saturated rings. The van der Waals surface area contributed by atoms with E-state index in [1.807, 2.05) is 24.3 Å². The van der Waals surface area contributed by atoms with Gasteiger partial charge in [-0.2, -0.15) is 0 Å². The highest BCUT2D eigenvalue weighted by Gasteiger charge is 2.12. The number of furan rings is 1. The van der Waals surface area contributed by atoms with Crippen LogP contribution in [0.5, 0.6) is 0 Å². The molecule has 3 nitrogen and oxygen atoms in total. The first-order valence-corrected chi connectivity index (χ1v) is 5.51. The summed E-state index contributed by atoms with van der Waals surface area (Å²) in [7, 11) is 0. The van der Waals surface area contributed by atoms with Crippen LogP contribution < -0.4 is 0 Å². The van der Waals surface area contributed by atoms with Gasteiger partial charge in [0.15, 0.2) is 5.78 Å². The van der Waals surface area contributed by atoms with Crippen LogP contribution >= 0.6 is 0 Å². The number of benzene rings is 1. The zero-order valence-corrected chi connectivity index (χ0v) is 9.52. The lowest BCUT2D eigenvalue weighted by atomic mass is 10.1. The smallest absolute Gasteiger partial charge is 0.192 e. The van der Waals surface area contributed by atoms with E-state index in [1.165, 1.54) is 6.26 Å². The highest BCUT2D eigenvalue weighted by molar-refractivity contribution is 6.07. The van der Waals surface area contributed by atoms with Crippen LogP contribution in [0.15, 0.2) is 47.6 Å². The molecule has 0 aliphatic carbocycles. The fourth-order valence-corrected chi connectivity index (χ4v) is 1.60. The molecule has 0 radical (unpaired) electrons. The van der Waals surface area contributed by atoms with Gasteiger partial charge in [0.05, 0.1) is 12.2 Å². The van der Waals surface area contributed by atoms with E-state index < -0.39 is 0 Å². The second-order valence-corrected chi connectivity index (χ2v) is 3.70. The van der Waals surface area contributed by atoms with Crippen LogP contribution in [0.25, 0.3) is 11.0 Å². The topological polar surface area (TPSA) is 39.4 Å². The lowest BCUT2D eigenvalue weighted by molar-refractivity contribution is 0.0769. The van der Waals surface area contributed by atoms with Gasteiger partial charge in [-0.1, -0.05) is 24.3 Å². The van der Waals surface area contributed by atoms with Gasteiger partial charge < -0.3 is 9.15 Å². The molecule has 0 aliphatic heterocycles. The van der Waals surface area contributed by atoms with Crippen molar-refractivity contribution < 1.29 is 13.9 Å². The number of ketones is 1. The first-order chi connectivity index (χ1) is 8.33. The highest BCUT2D eigenvalue weighted by atomic mass is 16.5. The molecule has 0 atom stereocenters. The summed E-state index contributed by atoms with van der Waals surface area (Å²) < 4.78 is 10.6. The van der Waals surface area contributed by atoms with Gasteiger partial charge in [-0.15, -0.1) is 6.58 Å². The van der Waals surface area contributed by atoms with Crippen LogP contribution in [0, 0.1) is 0 Å². The Morgan fingerprint density at radius 3 is 3.06 bits per heavy atom. The molecule has 0 spiro atoms. The molecule has 0 saturated carbocycles. The van der Waals surface area contributed by atoms with Gasteiger partial charge >= 0.3 is 0 Å². The van der Waals surface area contributed by atoms with Crippen LogP contribution in [0.2, 0.25) is 0 Å². The van der Waals surface area contributed by atoms with Crippen LogP contribution in [-0.2, 0) is 4.74 Å². The molecular weight excluding hydrogens is 216 g/mol. The average molecular weight is 230 g/mol. The second kappa shape index (κ2) is 5.46. The summed E-state index contributed by atoms with van der Waals surface area (Å²) in [4.78, 5) is 11.9. The van der Waals surface area contributed by atoms with Gasteiger partial charge in [0.1, 0.15) is 18.5 Å². The fraction of sp³-hybridized carbons (Fsp3) is 0.214. The van der Waals surface area contributed by atoms with Crippen molar-refractivity contribution in [3.8, 4) is 0 Å². The van der Waals surface area contributed by atoms with E-state index in [4.69, 9.17) is 9.15 Å². The summed E-state index contributed by atoms with van der Waals surface area (Å²) in [5, 5.41) is 0.838. The maximum Gasteiger partial charge on any atom is 0.192 e. The molecule has 2 rings (SSSR count). The fourth-order valence-electron chi connectivity index (χ4n) is 1.60. The Balaban J connectivity index is 2.06. The number of ether oxygens (including phenoxy) is 1. The van der Waals surface area contributed by atoms with Crippen LogP contribution in [0.1, 0.15) is 16.8 Å². The minimum Gasteiger partial charge on any atom is -0.464 e. The summed E-state index contributed by atoms with van der Waals surface area (Å²) >= 11 is 0. The van der Waals surface area contributed by atoms with E-state index in [0.29, 0.717) is 12.2 Å². The van der Waals surface area contributed by atoms with E-state index in [9.17, 15) is 4.79 Å². The number of hydrogen-bond donors (Lipinski definition) is 0. The van der Waals surface area contributed by atoms with Crippen molar-refractivity contribution in [3.63, 3.8) is 0 Å². The molecule has 0 aliphatic rings. The standard InChI is InChI=1S/C14H14O3/c1-2-3-8-16-10-13(15)12-9-17-14-7-5-4-6-11(12)14/h2,4-7,9H,1,3,8,10H2. The predicted molar refractivity (Wildman–Crippen MR) is 66.2 cm³/mol. The Bertz CT molecular complexity index is 525. The third-order valence-corrected chi connectivity index (χ3v) is 2.48. The molecule has 2 aromatic rings. The highest BCUT2D eigenvalue weighted by Crippen LogP contribution is 2.20. The van der Waals surface area contributed by atoms with Gasteiger partial charge in [-0.25, -0.2) is 0 Å². The first-order valence-electron chi connectivity index (χ1n) is 5.51. The Labute approximate surface area is 99.7 Å². The maximum atomic E-state index is 11.9. The normalized spacial score (nSPS) is 10.6. The number of fused-ring (bicyclic) bond motifs is 1. The van der Waals surface area contributed by atoms with Crippen molar-refractivity contribution in [3.05, 3.63) is 48.7 Å². The van der Waals surface area contributed by atoms with Gasteiger partial charge in [0, 0.05) is 5.39 Å². The van der Waals surface area contributed by atoms with E-state index in [0.717, 1.165) is 17.4 Å². The van der Waals surface area contributed by atoms with E-state index in [-0.39, 0.29) is 12.4 Å². The SMILES string of the molecule is C=CCCOCC(=O)c1coc2ccccc12. The number of carbonyl (C=O) groups is 1. The third kappa shape index (κ3) is 2.63. The van der Waals surface area contributed by atoms with E-state index in [2.05, 4.69) is 6.58 Å². The number of carbonyl (C=O) groups excluding carboxylic acids is 1. The lowest BCUT2D eigenvalue weighted by Gasteiger charge is -2.00. The molecule has 0 amide bonds. The third-order valence-electron chi connectivity index (χ3n) is 2.48. The van der Waals surface area contributed by atoms with Gasteiger partial charge in [0.25, 0.3) is 0 Å². The number of Topliss-reactive ketones (excluding diaryl/α,β-unsaturated/α-hetero) is 1. The van der Waals surface area contributed by atoms with Gasteiger partial charge in [-0.3, -0.25) is 4.79 Å². The molecule has 17 heavy (non-hydrogen) atoms. The largest absolute Gasteiger partial charge is 0.464 e. The molecule has 88 valence electrons. The van der Waals surface area contributed by atoms with Crippen molar-refractivity contribution in [2.75, 3.05) is 13.2 Å². The van der Waals surface area contributed by atoms with Gasteiger partial charge in [0.2, 0.25) is 0 Å². The number of hydrogen-bond acceptors (Lipinski definition) is 3. The average Bonchev–Trinajstić information content (AvgIpc) is 2.78. The zero-order valence-electron chi connectivity index (χ0n) is 9.52. The molecule has 0 unspecified atom stereocenters. The summed E-state index contributed by atoms with van der Waals surface area (Å²) in [6, 6.07) is 7.47.